The van der Waals surface area contributed by atoms with Crippen molar-refractivity contribution in [2.24, 2.45) is 0 Å². The number of benzene rings is 1. The third-order valence-electron chi connectivity index (χ3n) is 4.32. The van der Waals surface area contributed by atoms with Crippen molar-refractivity contribution in [3.63, 3.8) is 0 Å². The van der Waals surface area contributed by atoms with Gasteiger partial charge in [0.15, 0.2) is 0 Å². The molecule has 1 fully saturated rings. The number of sulfonamides is 1. The highest BCUT2D eigenvalue weighted by molar-refractivity contribution is 7.89. The van der Waals surface area contributed by atoms with Crippen LogP contribution in [-0.4, -0.2) is 76.5 Å². The van der Waals surface area contributed by atoms with Gasteiger partial charge in [-0.2, -0.15) is 4.31 Å². The second-order valence-electron chi connectivity index (χ2n) is 6.52. The first-order valence-corrected chi connectivity index (χ1v) is 9.79. The molecule has 2 rings (SSSR count). The Kier molecular flexibility index (Phi) is 6.56. The minimum atomic E-state index is -3.61. The molecule has 1 aliphatic rings. The van der Waals surface area contributed by atoms with Gasteiger partial charge in [0.05, 0.1) is 11.5 Å². The molecule has 0 saturated carbocycles. The molecule has 1 aliphatic heterocycles. The summed E-state index contributed by atoms with van der Waals surface area (Å²) in [6.45, 7) is 6.29. The Morgan fingerprint density at radius 3 is 2.52 bits per heavy atom. The van der Waals surface area contributed by atoms with Crippen LogP contribution in [0.25, 0.3) is 0 Å². The van der Waals surface area contributed by atoms with E-state index in [0.717, 1.165) is 0 Å². The number of nitrogens with one attached hydrogen (secondary N) is 1. The van der Waals surface area contributed by atoms with Crippen molar-refractivity contribution in [3.05, 3.63) is 29.3 Å². The molecule has 7 nitrogen and oxygen atoms in total. The molecule has 8 heteroatoms. The molecule has 0 aromatic heterocycles. The van der Waals surface area contributed by atoms with E-state index in [0.29, 0.717) is 43.9 Å². The first-order valence-electron chi connectivity index (χ1n) is 8.35. The van der Waals surface area contributed by atoms with Crippen LogP contribution >= 0.6 is 0 Å². The first kappa shape index (κ1) is 19.8. The van der Waals surface area contributed by atoms with Crippen LogP contribution in [-0.2, 0) is 14.8 Å². The van der Waals surface area contributed by atoms with E-state index in [1.807, 2.05) is 14.0 Å². The van der Waals surface area contributed by atoms with E-state index < -0.39 is 10.0 Å². The first-order chi connectivity index (χ1) is 11.8. The summed E-state index contributed by atoms with van der Waals surface area (Å²) in [5, 5.41) is 2.80. The number of carbonyl (C=O) groups is 1. The summed E-state index contributed by atoms with van der Waals surface area (Å²) in [7, 11) is -0.0706. The summed E-state index contributed by atoms with van der Waals surface area (Å²) in [5.74, 6) is -0.306. The molecule has 1 aromatic rings. The second-order valence-corrected chi connectivity index (χ2v) is 8.42. The molecule has 140 valence electrons. The fourth-order valence-electron chi connectivity index (χ4n) is 2.79. The maximum Gasteiger partial charge on any atom is 0.251 e. The Morgan fingerprint density at radius 1 is 1.28 bits per heavy atom. The number of nitrogens with zero attached hydrogens (tertiary/aromatic N) is 2. The number of aryl methyl sites for hydroxylation is 1. The standard InChI is InChI=1S/C17H27N3O4S/c1-13-5-6-15(17(21)18-14(2)12-24-4)11-16(13)25(22,23)20-9-7-19(3)8-10-20/h5-6,11,14H,7-10,12H2,1-4H3,(H,18,21). The molecule has 0 bridgehead atoms. The molecule has 0 aliphatic carbocycles. The zero-order chi connectivity index (χ0) is 18.6. The van der Waals surface area contributed by atoms with E-state index in [9.17, 15) is 13.2 Å². The van der Waals surface area contributed by atoms with Crippen molar-refractivity contribution in [2.75, 3.05) is 46.9 Å². The summed E-state index contributed by atoms with van der Waals surface area (Å²) in [6.07, 6.45) is 0. The fraction of sp³-hybridized carbons (Fsp3) is 0.588. The van der Waals surface area contributed by atoms with Crippen molar-refractivity contribution in [2.45, 2.75) is 24.8 Å². The molecule has 1 heterocycles. The van der Waals surface area contributed by atoms with Gasteiger partial charge in [0.25, 0.3) is 5.91 Å². The quantitative estimate of drug-likeness (QED) is 0.798. The van der Waals surface area contributed by atoms with E-state index in [1.165, 1.54) is 10.4 Å². The maximum absolute atomic E-state index is 13.0. The van der Waals surface area contributed by atoms with E-state index in [1.54, 1.807) is 26.2 Å². The van der Waals surface area contributed by atoms with Gasteiger partial charge in [0.1, 0.15) is 0 Å². The van der Waals surface area contributed by atoms with E-state index in [4.69, 9.17) is 4.74 Å². The monoisotopic (exact) mass is 369 g/mol. The molecule has 1 N–H and O–H groups in total. The lowest BCUT2D eigenvalue weighted by Crippen LogP contribution is -2.47. The van der Waals surface area contributed by atoms with Crippen LogP contribution in [0.5, 0.6) is 0 Å². The van der Waals surface area contributed by atoms with Gasteiger partial charge in [-0.3, -0.25) is 4.79 Å². The smallest absolute Gasteiger partial charge is 0.251 e. The van der Waals surface area contributed by atoms with Gasteiger partial charge in [-0.1, -0.05) is 6.07 Å². The maximum atomic E-state index is 13.0. The Morgan fingerprint density at radius 2 is 1.92 bits per heavy atom. The molecule has 1 atom stereocenters. The highest BCUT2D eigenvalue weighted by Gasteiger charge is 2.29. The summed E-state index contributed by atoms with van der Waals surface area (Å²) >= 11 is 0. The lowest BCUT2D eigenvalue weighted by Gasteiger charge is -2.32. The van der Waals surface area contributed by atoms with E-state index in [-0.39, 0.29) is 16.8 Å². The van der Waals surface area contributed by atoms with Crippen LogP contribution in [0.3, 0.4) is 0 Å². The second kappa shape index (κ2) is 8.27. The number of hydrogen-bond donors (Lipinski definition) is 1. The Balaban J connectivity index is 2.25. The highest BCUT2D eigenvalue weighted by atomic mass is 32.2. The van der Waals surface area contributed by atoms with E-state index >= 15 is 0 Å². The molecule has 1 saturated heterocycles. The molecule has 1 unspecified atom stereocenters. The van der Waals surface area contributed by atoms with E-state index in [2.05, 4.69) is 10.2 Å². The Hall–Kier alpha value is -1.48. The predicted molar refractivity (Wildman–Crippen MR) is 96.2 cm³/mol. The molecule has 0 radical (unpaired) electrons. The number of rotatable bonds is 6. The Bertz CT molecular complexity index is 713. The van der Waals surface area contributed by atoms with Crippen LogP contribution in [0.15, 0.2) is 23.1 Å². The number of carbonyl (C=O) groups excluding carboxylic acids is 1. The number of amides is 1. The SMILES string of the molecule is COCC(C)NC(=O)c1ccc(C)c(S(=O)(=O)N2CCN(C)CC2)c1. The van der Waals surface area contributed by atoms with Crippen LogP contribution in [0, 0.1) is 6.92 Å². The molecular weight excluding hydrogens is 342 g/mol. The zero-order valence-corrected chi connectivity index (χ0v) is 16.1. The number of ether oxygens (including phenoxy) is 1. The Labute approximate surface area is 150 Å². The lowest BCUT2D eigenvalue weighted by atomic mass is 10.1. The molecule has 25 heavy (non-hydrogen) atoms. The highest BCUT2D eigenvalue weighted by Crippen LogP contribution is 2.22. The van der Waals surface area contributed by atoms with Gasteiger partial charge in [-0.25, -0.2) is 8.42 Å². The molecule has 1 aromatic carbocycles. The van der Waals surface area contributed by atoms with Gasteiger partial charge in [-0.05, 0) is 38.6 Å². The molecule has 1 amide bonds. The molecule has 0 spiro atoms. The summed E-state index contributed by atoms with van der Waals surface area (Å²) < 4.78 is 32.4. The normalized spacial score (nSPS) is 18.1. The van der Waals surface area contributed by atoms with Crippen molar-refractivity contribution >= 4 is 15.9 Å². The van der Waals surface area contributed by atoms with Crippen molar-refractivity contribution in [1.82, 2.24) is 14.5 Å². The van der Waals surface area contributed by atoms with Gasteiger partial charge < -0.3 is 15.0 Å². The van der Waals surface area contributed by atoms with Gasteiger partial charge >= 0.3 is 0 Å². The fourth-order valence-corrected chi connectivity index (χ4v) is 4.46. The lowest BCUT2D eigenvalue weighted by molar-refractivity contribution is 0.0905. The average molecular weight is 369 g/mol. The summed E-state index contributed by atoms with van der Waals surface area (Å²) in [4.78, 5) is 14.7. The van der Waals surface area contributed by atoms with Crippen LogP contribution < -0.4 is 5.32 Å². The van der Waals surface area contributed by atoms with Crippen molar-refractivity contribution < 1.29 is 17.9 Å². The molecular formula is C17H27N3O4S. The minimum absolute atomic E-state index is 0.156. The van der Waals surface area contributed by atoms with Crippen LogP contribution in [0.1, 0.15) is 22.8 Å². The number of hydrogen-bond acceptors (Lipinski definition) is 5. The van der Waals surface area contributed by atoms with Crippen LogP contribution in [0.4, 0.5) is 0 Å². The minimum Gasteiger partial charge on any atom is -0.383 e. The van der Waals surface area contributed by atoms with Crippen molar-refractivity contribution in [3.8, 4) is 0 Å². The van der Waals surface area contributed by atoms with Crippen molar-refractivity contribution in [1.29, 1.82) is 0 Å². The van der Waals surface area contributed by atoms with Gasteiger partial charge in [0, 0.05) is 44.9 Å². The summed E-state index contributed by atoms with van der Waals surface area (Å²) in [5.41, 5.74) is 0.974. The van der Waals surface area contributed by atoms with Gasteiger partial charge in [-0.15, -0.1) is 0 Å². The number of piperazine rings is 1. The van der Waals surface area contributed by atoms with Gasteiger partial charge in [0.2, 0.25) is 10.0 Å². The third-order valence-corrected chi connectivity index (χ3v) is 6.37. The predicted octanol–water partition coefficient (Wildman–Crippen LogP) is 0.696. The largest absolute Gasteiger partial charge is 0.383 e. The average Bonchev–Trinajstić information content (AvgIpc) is 2.55. The third kappa shape index (κ3) is 4.78. The topological polar surface area (TPSA) is 78.9 Å². The zero-order valence-electron chi connectivity index (χ0n) is 15.3. The van der Waals surface area contributed by atoms with Crippen LogP contribution in [0.2, 0.25) is 0 Å². The number of likely N-dealkylation sites (N-methyl/N-ethyl adjacent to an activating group) is 1. The number of methoxy groups -OCH3 is 1. The summed E-state index contributed by atoms with van der Waals surface area (Å²) in [6, 6.07) is 4.64.